The summed E-state index contributed by atoms with van der Waals surface area (Å²) < 4.78 is 5.28. The van der Waals surface area contributed by atoms with Crippen LogP contribution in [0.15, 0.2) is 60.7 Å². The Morgan fingerprint density at radius 3 is 2.19 bits per heavy atom. The van der Waals surface area contributed by atoms with Gasteiger partial charge < -0.3 is 4.74 Å². The predicted octanol–water partition coefficient (Wildman–Crippen LogP) is 6.37. The molecule has 0 saturated carbocycles. The molecule has 132 valence electrons. The highest BCUT2D eigenvalue weighted by molar-refractivity contribution is 5.85. The number of benzene rings is 3. The molecule has 0 heterocycles. The molecule has 3 rings (SSSR count). The minimum Gasteiger partial charge on any atom is -0.497 e. The Hall–Kier alpha value is -2.72. The first kappa shape index (κ1) is 18.1. The molecule has 0 atom stereocenters. The van der Waals surface area contributed by atoms with Gasteiger partial charge in [0.25, 0.3) is 0 Å². The van der Waals surface area contributed by atoms with Crippen molar-refractivity contribution in [1.29, 1.82) is 0 Å². The van der Waals surface area contributed by atoms with Crippen LogP contribution in [0.5, 0.6) is 5.75 Å². The summed E-state index contributed by atoms with van der Waals surface area (Å²) >= 11 is 0. The lowest BCUT2D eigenvalue weighted by Gasteiger charge is -2.03. The highest BCUT2D eigenvalue weighted by Crippen LogP contribution is 2.21. The number of fused-ring (bicyclic) bond motifs is 1. The summed E-state index contributed by atoms with van der Waals surface area (Å²) in [6, 6.07) is 21.1. The van der Waals surface area contributed by atoms with Gasteiger partial charge in [0.05, 0.1) is 7.11 Å². The smallest absolute Gasteiger partial charge is 0.119 e. The summed E-state index contributed by atoms with van der Waals surface area (Å²) in [5, 5.41) is 2.35. The summed E-state index contributed by atoms with van der Waals surface area (Å²) in [5.41, 5.74) is 3.51. The van der Waals surface area contributed by atoms with Crippen LogP contribution in [0.2, 0.25) is 0 Å². The SMILES string of the molecule is CCCCCCc1ccc(C#Cc2ccc3cc(OC)ccc3c2)cc1. The van der Waals surface area contributed by atoms with Gasteiger partial charge in [-0.1, -0.05) is 62.3 Å². The standard InChI is InChI=1S/C25H26O/c1-3-4-5-6-7-20-8-10-21(11-9-20)12-13-22-14-15-24-19-25(26-2)17-16-23(24)18-22/h8-11,14-19H,3-7H2,1-2H3. The maximum atomic E-state index is 5.28. The minimum atomic E-state index is 0.881. The first-order valence-corrected chi connectivity index (χ1v) is 9.47. The van der Waals surface area contributed by atoms with Crippen molar-refractivity contribution >= 4 is 10.8 Å². The molecule has 0 amide bonds. The molecule has 3 aromatic rings. The number of unbranched alkanes of at least 4 members (excludes halogenated alkanes) is 3. The summed E-state index contributed by atoms with van der Waals surface area (Å²) in [5.74, 6) is 7.44. The fourth-order valence-corrected chi connectivity index (χ4v) is 3.08. The predicted molar refractivity (Wildman–Crippen MR) is 111 cm³/mol. The van der Waals surface area contributed by atoms with E-state index in [1.165, 1.54) is 48.4 Å². The third kappa shape index (κ3) is 4.90. The van der Waals surface area contributed by atoms with E-state index in [9.17, 15) is 0 Å². The molecule has 1 nitrogen and oxygen atoms in total. The Morgan fingerprint density at radius 1 is 0.731 bits per heavy atom. The van der Waals surface area contributed by atoms with Gasteiger partial charge in [0.2, 0.25) is 0 Å². The van der Waals surface area contributed by atoms with Crippen molar-refractivity contribution in [2.45, 2.75) is 39.0 Å². The van der Waals surface area contributed by atoms with Gasteiger partial charge >= 0.3 is 0 Å². The zero-order chi connectivity index (χ0) is 18.2. The first-order valence-electron chi connectivity index (χ1n) is 9.47. The van der Waals surface area contributed by atoms with Crippen molar-refractivity contribution < 1.29 is 4.74 Å². The van der Waals surface area contributed by atoms with Crippen LogP contribution >= 0.6 is 0 Å². The number of hydrogen-bond acceptors (Lipinski definition) is 1. The molecule has 0 aliphatic rings. The largest absolute Gasteiger partial charge is 0.497 e. The van der Waals surface area contributed by atoms with Crippen LogP contribution in [-0.2, 0) is 6.42 Å². The molecule has 0 aliphatic carbocycles. The molecule has 0 bridgehead atoms. The van der Waals surface area contributed by atoms with Crippen molar-refractivity contribution in [3.05, 3.63) is 77.4 Å². The molecule has 3 aromatic carbocycles. The van der Waals surface area contributed by atoms with Crippen LogP contribution in [0, 0.1) is 11.8 Å². The van der Waals surface area contributed by atoms with Crippen LogP contribution in [0.25, 0.3) is 10.8 Å². The number of ether oxygens (including phenoxy) is 1. The number of aryl methyl sites for hydroxylation is 1. The molecule has 0 saturated heterocycles. The molecular formula is C25H26O. The van der Waals surface area contributed by atoms with Gasteiger partial charge in [-0.05, 0) is 65.6 Å². The topological polar surface area (TPSA) is 9.23 Å². The molecule has 0 radical (unpaired) electrons. The average Bonchev–Trinajstić information content (AvgIpc) is 2.70. The lowest BCUT2D eigenvalue weighted by atomic mass is 10.0. The van der Waals surface area contributed by atoms with Crippen LogP contribution in [0.4, 0.5) is 0 Å². The van der Waals surface area contributed by atoms with Gasteiger partial charge in [0.15, 0.2) is 0 Å². The van der Waals surface area contributed by atoms with Gasteiger partial charge in [-0.3, -0.25) is 0 Å². The molecule has 0 spiro atoms. The van der Waals surface area contributed by atoms with Crippen LogP contribution < -0.4 is 4.74 Å². The van der Waals surface area contributed by atoms with E-state index in [-0.39, 0.29) is 0 Å². The van der Waals surface area contributed by atoms with Crippen LogP contribution in [0.1, 0.15) is 49.3 Å². The van der Waals surface area contributed by atoms with Crippen molar-refractivity contribution in [2.24, 2.45) is 0 Å². The van der Waals surface area contributed by atoms with Gasteiger partial charge in [-0.25, -0.2) is 0 Å². The monoisotopic (exact) mass is 342 g/mol. The molecule has 0 aliphatic heterocycles. The van der Waals surface area contributed by atoms with Crippen molar-refractivity contribution in [3.63, 3.8) is 0 Å². The molecule has 0 aromatic heterocycles. The van der Waals surface area contributed by atoms with E-state index in [4.69, 9.17) is 4.74 Å². The summed E-state index contributed by atoms with van der Waals surface area (Å²) in [7, 11) is 1.69. The molecule has 1 heteroatoms. The second kappa shape index (κ2) is 9.11. The third-order valence-corrected chi connectivity index (χ3v) is 4.67. The van der Waals surface area contributed by atoms with E-state index in [0.29, 0.717) is 0 Å². The Kier molecular flexibility index (Phi) is 6.34. The third-order valence-electron chi connectivity index (χ3n) is 4.67. The van der Waals surface area contributed by atoms with E-state index in [1.54, 1.807) is 7.11 Å². The highest BCUT2D eigenvalue weighted by Gasteiger charge is 1.98. The number of methoxy groups -OCH3 is 1. The number of hydrogen-bond donors (Lipinski definition) is 0. The van der Waals surface area contributed by atoms with E-state index in [2.05, 4.69) is 67.3 Å². The van der Waals surface area contributed by atoms with Crippen molar-refractivity contribution in [1.82, 2.24) is 0 Å². The summed E-state index contributed by atoms with van der Waals surface area (Å²) in [6.07, 6.45) is 6.40. The Labute approximate surface area is 157 Å². The Morgan fingerprint density at radius 2 is 1.42 bits per heavy atom. The summed E-state index contributed by atoms with van der Waals surface area (Å²) in [6.45, 7) is 2.25. The van der Waals surface area contributed by atoms with E-state index >= 15 is 0 Å². The van der Waals surface area contributed by atoms with Gasteiger partial charge in [-0.2, -0.15) is 0 Å². The second-order valence-electron chi connectivity index (χ2n) is 6.69. The number of rotatable bonds is 6. The average molecular weight is 342 g/mol. The molecule has 26 heavy (non-hydrogen) atoms. The Bertz CT molecular complexity index is 910. The maximum absolute atomic E-state index is 5.28. The van der Waals surface area contributed by atoms with E-state index < -0.39 is 0 Å². The normalized spacial score (nSPS) is 10.4. The lowest BCUT2D eigenvalue weighted by molar-refractivity contribution is 0.415. The zero-order valence-corrected chi connectivity index (χ0v) is 15.7. The minimum absolute atomic E-state index is 0.881. The quantitative estimate of drug-likeness (QED) is 0.373. The molecular weight excluding hydrogens is 316 g/mol. The van der Waals surface area contributed by atoms with Crippen molar-refractivity contribution in [2.75, 3.05) is 7.11 Å². The first-order chi connectivity index (χ1) is 12.8. The lowest BCUT2D eigenvalue weighted by Crippen LogP contribution is -1.86. The fraction of sp³-hybridized carbons (Fsp3) is 0.280. The second-order valence-corrected chi connectivity index (χ2v) is 6.69. The summed E-state index contributed by atoms with van der Waals surface area (Å²) in [4.78, 5) is 0. The van der Waals surface area contributed by atoms with Crippen molar-refractivity contribution in [3.8, 4) is 17.6 Å². The van der Waals surface area contributed by atoms with Crippen LogP contribution in [-0.4, -0.2) is 7.11 Å². The zero-order valence-electron chi connectivity index (χ0n) is 15.7. The van der Waals surface area contributed by atoms with Gasteiger partial charge in [0.1, 0.15) is 5.75 Å². The Balaban J connectivity index is 1.67. The van der Waals surface area contributed by atoms with Gasteiger partial charge in [0, 0.05) is 11.1 Å². The maximum Gasteiger partial charge on any atom is 0.119 e. The molecule has 0 unspecified atom stereocenters. The van der Waals surface area contributed by atoms with Crippen LogP contribution in [0.3, 0.4) is 0 Å². The highest BCUT2D eigenvalue weighted by atomic mass is 16.5. The van der Waals surface area contributed by atoms with E-state index in [0.717, 1.165) is 16.9 Å². The van der Waals surface area contributed by atoms with E-state index in [1.807, 2.05) is 12.1 Å². The molecule has 0 N–H and O–H groups in total. The fourth-order valence-electron chi connectivity index (χ4n) is 3.08. The van der Waals surface area contributed by atoms with Gasteiger partial charge in [-0.15, -0.1) is 0 Å². The molecule has 0 fully saturated rings.